The minimum atomic E-state index is 0.942. The molecule has 1 aliphatic heterocycles. The van der Waals surface area contributed by atoms with E-state index in [0.717, 1.165) is 30.7 Å². The lowest BCUT2D eigenvalue weighted by atomic mass is 10.1. The van der Waals surface area contributed by atoms with Crippen molar-refractivity contribution in [3.8, 4) is 0 Å². The Labute approximate surface area is 86.8 Å². The minimum absolute atomic E-state index is 0.942. The Balaban J connectivity index is 2.40. The van der Waals surface area contributed by atoms with Crippen molar-refractivity contribution in [1.82, 2.24) is 14.7 Å². The normalized spacial score (nSPS) is 17.5. The average Bonchev–Trinajstić information content (AvgIpc) is 2.44. The molecule has 0 aliphatic carbocycles. The number of aromatic nitrogens is 2. The van der Waals surface area contributed by atoms with E-state index in [1.165, 1.54) is 11.3 Å². The van der Waals surface area contributed by atoms with Crippen LogP contribution in [0.1, 0.15) is 18.2 Å². The second kappa shape index (κ2) is 3.42. The maximum Gasteiger partial charge on any atom is 0.108 e. The van der Waals surface area contributed by atoms with Gasteiger partial charge in [0.1, 0.15) is 4.60 Å². The highest BCUT2D eigenvalue weighted by molar-refractivity contribution is 9.10. The van der Waals surface area contributed by atoms with E-state index in [-0.39, 0.29) is 0 Å². The number of rotatable bonds is 1. The Hall–Kier alpha value is -0.350. The van der Waals surface area contributed by atoms with Crippen molar-refractivity contribution in [2.45, 2.75) is 26.4 Å². The third kappa shape index (κ3) is 1.53. The average molecular weight is 244 g/mol. The summed E-state index contributed by atoms with van der Waals surface area (Å²) in [5.41, 5.74) is 2.64. The van der Waals surface area contributed by atoms with Gasteiger partial charge in [0.2, 0.25) is 0 Å². The monoisotopic (exact) mass is 243 g/mol. The molecule has 1 aromatic rings. The van der Waals surface area contributed by atoms with Gasteiger partial charge in [-0.15, -0.1) is 0 Å². The van der Waals surface area contributed by atoms with E-state index in [0.29, 0.717) is 0 Å². The first-order valence-electron chi connectivity index (χ1n) is 4.65. The summed E-state index contributed by atoms with van der Waals surface area (Å²) >= 11 is 3.60. The van der Waals surface area contributed by atoms with E-state index in [1.54, 1.807) is 0 Å². The lowest BCUT2D eigenvalue weighted by Crippen LogP contribution is -2.26. The number of likely N-dealkylation sites (N-methyl/N-ethyl adjacent to an activating group) is 1. The minimum Gasteiger partial charge on any atom is -0.302 e. The molecule has 0 bridgehead atoms. The van der Waals surface area contributed by atoms with Crippen LogP contribution < -0.4 is 0 Å². The molecule has 0 fully saturated rings. The van der Waals surface area contributed by atoms with Crippen molar-refractivity contribution in [3.05, 3.63) is 15.9 Å². The summed E-state index contributed by atoms with van der Waals surface area (Å²) in [4.78, 5) is 2.33. The molecule has 0 spiro atoms. The predicted molar refractivity (Wildman–Crippen MR) is 55.6 cm³/mol. The topological polar surface area (TPSA) is 21.1 Å². The van der Waals surface area contributed by atoms with Gasteiger partial charge >= 0.3 is 0 Å². The molecule has 0 aromatic carbocycles. The molecule has 13 heavy (non-hydrogen) atoms. The zero-order valence-electron chi connectivity index (χ0n) is 8.05. The van der Waals surface area contributed by atoms with Gasteiger partial charge in [-0.25, -0.2) is 0 Å². The molecule has 3 nitrogen and oxygen atoms in total. The molecule has 0 saturated carbocycles. The predicted octanol–water partition coefficient (Wildman–Crippen LogP) is 1.65. The fraction of sp³-hybridized carbons (Fsp3) is 0.667. The third-order valence-electron chi connectivity index (χ3n) is 2.52. The molecule has 2 heterocycles. The van der Waals surface area contributed by atoms with Crippen LogP contribution in [-0.2, 0) is 19.5 Å². The maximum atomic E-state index is 4.55. The molecule has 0 unspecified atom stereocenters. The fourth-order valence-electron chi connectivity index (χ4n) is 1.74. The number of hydrogen-bond donors (Lipinski definition) is 0. The van der Waals surface area contributed by atoms with Crippen molar-refractivity contribution in [3.63, 3.8) is 0 Å². The quantitative estimate of drug-likeness (QED) is 0.749. The number of nitrogens with zero attached hydrogens (tertiary/aromatic N) is 3. The van der Waals surface area contributed by atoms with Crippen LogP contribution in [0.4, 0.5) is 0 Å². The fourth-order valence-corrected chi connectivity index (χ4v) is 2.42. The number of hydrogen-bond acceptors (Lipinski definition) is 2. The Morgan fingerprint density at radius 2 is 2.31 bits per heavy atom. The molecule has 0 radical (unpaired) electrons. The number of aryl methyl sites for hydroxylation is 1. The molecule has 0 atom stereocenters. The Kier molecular flexibility index (Phi) is 2.43. The summed E-state index contributed by atoms with van der Waals surface area (Å²) in [6.07, 6.45) is 1.08. The van der Waals surface area contributed by atoms with Gasteiger partial charge in [-0.3, -0.25) is 4.68 Å². The summed E-state index contributed by atoms with van der Waals surface area (Å²) in [5.74, 6) is 0. The lowest BCUT2D eigenvalue weighted by molar-refractivity contribution is 0.311. The van der Waals surface area contributed by atoms with Gasteiger partial charge < -0.3 is 4.90 Å². The SMILES string of the molecule is CCn1nc2c(c1Br)CN(C)CC2. The van der Waals surface area contributed by atoms with Crippen LogP contribution in [0.25, 0.3) is 0 Å². The molecule has 1 aromatic heterocycles. The van der Waals surface area contributed by atoms with E-state index in [2.05, 4.69) is 39.9 Å². The Bertz CT molecular complexity index is 319. The zero-order valence-corrected chi connectivity index (χ0v) is 9.63. The first-order valence-corrected chi connectivity index (χ1v) is 5.44. The second-order valence-electron chi connectivity index (χ2n) is 3.52. The van der Waals surface area contributed by atoms with Gasteiger partial charge in [-0.1, -0.05) is 0 Å². The van der Waals surface area contributed by atoms with E-state index in [1.807, 2.05) is 4.68 Å². The van der Waals surface area contributed by atoms with Crippen LogP contribution in [0.5, 0.6) is 0 Å². The Morgan fingerprint density at radius 3 is 3.00 bits per heavy atom. The molecule has 4 heteroatoms. The van der Waals surface area contributed by atoms with Crippen LogP contribution in [0.3, 0.4) is 0 Å². The molecule has 1 aliphatic rings. The molecule has 0 saturated heterocycles. The lowest BCUT2D eigenvalue weighted by Gasteiger charge is -2.21. The van der Waals surface area contributed by atoms with Crippen LogP contribution in [0.15, 0.2) is 4.60 Å². The molecular formula is C9H14BrN3. The van der Waals surface area contributed by atoms with Crippen LogP contribution >= 0.6 is 15.9 Å². The molecule has 72 valence electrons. The second-order valence-corrected chi connectivity index (χ2v) is 4.27. The molecule has 2 rings (SSSR count). The summed E-state index contributed by atoms with van der Waals surface area (Å²) < 4.78 is 3.20. The van der Waals surface area contributed by atoms with E-state index in [9.17, 15) is 0 Å². The van der Waals surface area contributed by atoms with Crippen LogP contribution in [0.2, 0.25) is 0 Å². The van der Waals surface area contributed by atoms with Crippen molar-refractivity contribution in [2.75, 3.05) is 13.6 Å². The van der Waals surface area contributed by atoms with Gasteiger partial charge in [-0.05, 0) is 29.9 Å². The summed E-state index contributed by atoms with van der Waals surface area (Å²) in [5, 5.41) is 4.55. The Morgan fingerprint density at radius 1 is 1.54 bits per heavy atom. The number of halogens is 1. The van der Waals surface area contributed by atoms with Crippen molar-refractivity contribution in [2.24, 2.45) is 0 Å². The van der Waals surface area contributed by atoms with E-state index in [4.69, 9.17) is 0 Å². The standard InChI is InChI=1S/C9H14BrN3/c1-3-13-9(10)7-6-12(2)5-4-8(7)11-13/h3-6H2,1-2H3. The first kappa shape index (κ1) is 9.21. The zero-order chi connectivity index (χ0) is 9.42. The van der Waals surface area contributed by atoms with Crippen molar-refractivity contribution >= 4 is 15.9 Å². The summed E-state index contributed by atoms with van der Waals surface area (Å²) in [7, 11) is 2.15. The van der Waals surface area contributed by atoms with Gasteiger partial charge in [0, 0.05) is 31.6 Å². The van der Waals surface area contributed by atoms with Crippen LogP contribution in [-0.4, -0.2) is 28.3 Å². The molecular weight excluding hydrogens is 230 g/mol. The summed E-state index contributed by atoms with van der Waals surface area (Å²) in [6.45, 7) is 5.21. The van der Waals surface area contributed by atoms with Gasteiger partial charge in [0.15, 0.2) is 0 Å². The maximum absolute atomic E-state index is 4.55. The molecule has 0 N–H and O–H groups in total. The van der Waals surface area contributed by atoms with Crippen molar-refractivity contribution in [1.29, 1.82) is 0 Å². The van der Waals surface area contributed by atoms with Crippen molar-refractivity contribution < 1.29 is 0 Å². The summed E-state index contributed by atoms with van der Waals surface area (Å²) in [6, 6.07) is 0. The first-order chi connectivity index (χ1) is 6.22. The van der Waals surface area contributed by atoms with Crippen LogP contribution in [0, 0.1) is 0 Å². The van der Waals surface area contributed by atoms with Gasteiger partial charge in [-0.2, -0.15) is 5.10 Å². The largest absolute Gasteiger partial charge is 0.302 e. The van der Waals surface area contributed by atoms with Gasteiger partial charge in [0.25, 0.3) is 0 Å². The number of fused-ring (bicyclic) bond motifs is 1. The van der Waals surface area contributed by atoms with E-state index < -0.39 is 0 Å². The third-order valence-corrected chi connectivity index (χ3v) is 3.41. The smallest absolute Gasteiger partial charge is 0.108 e. The highest BCUT2D eigenvalue weighted by Gasteiger charge is 2.20. The highest BCUT2D eigenvalue weighted by atomic mass is 79.9. The van der Waals surface area contributed by atoms with Gasteiger partial charge in [0.05, 0.1) is 5.69 Å². The highest BCUT2D eigenvalue weighted by Crippen LogP contribution is 2.25. The van der Waals surface area contributed by atoms with E-state index >= 15 is 0 Å². The molecule has 0 amide bonds.